The van der Waals surface area contributed by atoms with E-state index in [-0.39, 0.29) is 10.8 Å². The molecule has 2 aromatic rings. The van der Waals surface area contributed by atoms with Crippen LogP contribution < -0.4 is 14.8 Å². The van der Waals surface area contributed by atoms with E-state index in [0.717, 1.165) is 6.42 Å². The van der Waals surface area contributed by atoms with Crippen molar-refractivity contribution in [2.75, 3.05) is 17.9 Å². The molecule has 0 aliphatic heterocycles. The maximum atomic E-state index is 12.5. The van der Waals surface area contributed by atoms with E-state index in [9.17, 15) is 13.2 Å². The number of rotatable bonds is 9. The van der Waals surface area contributed by atoms with Gasteiger partial charge in [-0.05, 0) is 67.8 Å². The van der Waals surface area contributed by atoms with Crippen molar-refractivity contribution in [3.05, 3.63) is 54.1 Å². The molecule has 0 unspecified atom stereocenters. The van der Waals surface area contributed by atoms with Crippen LogP contribution in [0.15, 0.2) is 53.4 Å². The molecule has 0 aromatic heterocycles. The quantitative estimate of drug-likeness (QED) is 0.684. The summed E-state index contributed by atoms with van der Waals surface area (Å²) in [5, 5.41) is 2.85. The summed E-state index contributed by atoms with van der Waals surface area (Å²) in [6.07, 6.45) is 0.908. The molecule has 0 fully saturated rings. The number of sulfonamides is 1. The van der Waals surface area contributed by atoms with Gasteiger partial charge < -0.3 is 10.1 Å². The second kappa shape index (κ2) is 9.41. The maximum absolute atomic E-state index is 12.5. The molecule has 6 nitrogen and oxygen atoms in total. The fraction of sp³-hybridized carbons (Fsp3) is 0.350. The average molecular weight is 391 g/mol. The van der Waals surface area contributed by atoms with Crippen molar-refractivity contribution in [2.45, 2.75) is 32.1 Å². The van der Waals surface area contributed by atoms with Gasteiger partial charge in [0.05, 0.1) is 11.5 Å². The van der Waals surface area contributed by atoms with Gasteiger partial charge in [-0.15, -0.1) is 0 Å². The average Bonchev–Trinajstić information content (AvgIpc) is 2.62. The third kappa shape index (κ3) is 6.29. The fourth-order valence-corrected chi connectivity index (χ4v) is 3.42. The van der Waals surface area contributed by atoms with Crippen LogP contribution in [0.2, 0.25) is 0 Å². The molecule has 2 aromatic carbocycles. The van der Waals surface area contributed by atoms with E-state index in [0.29, 0.717) is 36.1 Å². The van der Waals surface area contributed by atoms with Gasteiger partial charge in [-0.25, -0.2) is 8.42 Å². The van der Waals surface area contributed by atoms with Gasteiger partial charge in [0, 0.05) is 17.8 Å². The van der Waals surface area contributed by atoms with E-state index in [1.165, 1.54) is 12.1 Å². The Bertz CT molecular complexity index is 845. The Labute approximate surface area is 161 Å². The Kier molecular flexibility index (Phi) is 7.24. The minimum atomic E-state index is -3.71. The number of carbonyl (C=O) groups is 1. The topological polar surface area (TPSA) is 84.5 Å². The number of benzene rings is 2. The Morgan fingerprint density at radius 3 is 2.22 bits per heavy atom. The molecule has 0 radical (unpaired) electrons. The third-order valence-corrected chi connectivity index (χ3v) is 5.25. The number of nitrogens with one attached hydrogen (secondary N) is 2. The van der Waals surface area contributed by atoms with Crippen molar-refractivity contribution in [3.8, 4) is 5.75 Å². The van der Waals surface area contributed by atoms with Gasteiger partial charge >= 0.3 is 0 Å². The Hall–Kier alpha value is -2.54. The lowest BCUT2D eigenvalue weighted by atomic mass is 10.1. The number of anilines is 1. The molecule has 0 spiro atoms. The summed E-state index contributed by atoms with van der Waals surface area (Å²) in [5.74, 6) is 0.963. The molecule has 27 heavy (non-hydrogen) atoms. The largest absolute Gasteiger partial charge is 0.494 e. The summed E-state index contributed by atoms with van der Waals surface area (Å²) in [6.45, 7) is 7.18. The van der Waals surface area contributed by atoms with E-state index in [1.54, 1.807) is 36.4 Å². The van der Waals surface area contributed by atoms with Crippen molar-refractivity contribution < 1.29 is 17.9 Å². The second-order valence-corrected chi connectivity index (χ2v) is 8.21. The standard InChI is InChI=1S/C20H26N2O4S/c1-4-26-18-9-11-19(12-10-18)27(24,25)22-17-7-5-16(6-8-17)20(23)21-14-13-15(2)3/h5-12,15,22H,4,13-14H2,1-3H3,(H,21,23). The van der Waals surface area contributed by atoms with Crippen molar-refractivity contribution in [1.29, 1.82) is 0 Å². The molecule has 0 atom stereocenters. The van der Waals surface area contributed by atoms with Crippen molar-refractivity contribution >= 4 is 21.6 Å². The minimum absolute atomic E-state index is 0.140. The van der Waals surface area contributed by atoms with Crippen LogP contribution in [0.25, 0.3) is 0 Å². The summed E-state index contributed by atoms with van der Waals surface area (Å²) >= 11 is 0. The van der Waals surface area contributed by atoms with Crippen LogP contribution in [-0.4, -0.2) is 27.5 Å². The van der Waals surface area contributed by atoms with Crippen LogP contribution in [-0.2, 0) is 10.0 Å². The molecule has 0 saturated heterocycles. The lowest BCUT2D eigenvalue weighted by Gasteiger charge is -2.10. The minimum Gasteiger partial charge on any atom is -0.494 e. The lowest BCUT2D eigenvalue weighted by Crippen LogP contribution is -2.25. The first-order valence-electron chi connectivity index (χ1n) is 8.95. The number of hydrogen-bond acceptors (Lipinski definition) is 4. The Morgan fingerprint density at radius 2 is 1.67 bits per heavy atom. The molecule has 146 valence electrons. The molecule has 2 rings (SSSR count). The predicted molar refractivity (Wildman–Crippen MR) is 107 cm³/mol. The monoisotopic (exact) mass is 390 g/mol. The van der Waals surface area contributed by atoms with Gasteiger partial charge in [0.25, 0.3) is 15.9 Å². The highest BCUT2D eigenvalue weighted by Crippen LogP contribution is 2.19. The highest BCUT2D eigenvalue weighted by Gasteiger charge is 2.14. The van der Waals surface area contributed by atoms with E-state index in [4.69, 9.17) is 4.74 Å². The normalized spacial score (nSPS) is 11.3. The first-order chi connectivity index (χ1) is 12.8. The summed E-state index contributed by atoms with van der Waals surface area (Å²) in [5.41, 5.74) is 0.880. The van der Waals surface area contributed by atoms with Crippen LogP contribution in [0.5, 0.6) is 5.75 Å². The zero-order chi connectivity index (χ0) is 19.9. The highest BCUT2D eigenvalue weighted by molar-refractivity contribution is 7.92. The molecule has 1 amide bonds. The number of amides is 1. The van der Waals surface area contributed by atoms with Crippen LogP contribution in [0.3, 0.4) is 0 Å². The van der Waals surface area contributed by atoms with E-state index in [2.05, 4.69) is 23.9 Å². The van der Waals surface area contributed by atoms with Crippen LogP contribution in [0.4, 0.5) is 5.69 Å². The molecule has 0 aliphatic carbocycles. The number of carbonyl (C=O) groups excluding carboxylic acids is 1. The zero-order valence-electron chi connectivity index (χ0n) is 15.9. The number of ether oxygens (including phenoxy) is 1. The summed E-state index contributed by atoms with van der Waals surface area (Å²) < 4.78 is 32.8. The van der Waals surface area contributed by atoms with E-state index >= 15 is 0 Å². The molecular formula is C20H26N2O4S. The van der Waals surface area contributed by atoms with Gasteiger partial charge in [0.1, 0.15) is 5.75 Å². The fourth-order valence-electron chi connectivity index (χ4n) is 2.36. The van der Waals surface area contributed by atoms with Gasteiger partial charge in [-0.3, -0.25) is 9.52 Å². The first-order valence-corrected chi connectivity index (χ1v) is 10.4. The highest BCUT2D eigenvalue weighted by atomic mass is 32.2. The summed E-state index contributed by atoms with van der Waals surface area (Å²) in [6, 6.07) is 12.5. The second-order valence-electron chi connectivity index (χ2n) is 6.53. The van der Waals surface area contributed by atoms with Crippen molar-refractivity contribution in [3.63, 3.8) is 0 Å². The van der Waals surface area contributed by atoms with E-state index < -0.39 is 10.0 Å². The molecular weight excluding hydrogens is 364 g/mol. The Morgan fingerprint density at radius 1 is 1.04 bits per heavy atom. The molecule has 0 aliphatic rings. The molecule has 7 heteroatoms. The van der Waals surface area contributed by atoms with E-state index in [1.807, 2.05) is 6.92 Å². The predicted octanol–water partition coefficient (Wildman–Crippen LogP) is 3.66. The van der Waals surface area contributed by atoms with Gasteiger partial charge in [0.2, 0.25) is 0 Å². The maximum Gasteiger partial charge on any atom is 0.261 e. The van der Waals surface area contributed by atoms with Gasteiger partial charge in [-0.1, -0.05) is 13.8 Å². The van der Waals surface area contributed by atoms with Crippen molar-refractivity contribution in [2.24, 2.45) is 5.92 Å². The molecule has 0 heterocycles. The smallest absolute Gasteiger partial charge is 0.261 e. The first kappa shape index (κ1) is 20.8. The Balaban J connectivity index is 2.01. The van der Waals surface area contributed by atoms with Gasteiger partial charge in [-0.2, -0.15) is 0 Å². The molecule has 0 bridgehead atoms. The molecule has 0 saturated carbocycles. The summed E-state index contributed by atoms with van der Waals surface area (Å²) in [4.78, 5) is 12.2. The van der Waals surface area contributed by atoms with Gasteiger partial charge in [0.15, 0.2) is 0 Å². The van der Waals surface area contributed by atoms with Crippen LogP contribution in [0, 0.1) is 5.92 Å². The molecule has 2 N–H and O–H groups in total. The van der Waals surface area contributed by atoms with Crippen LogP contribution in [0.1, 0.15) is 37.6 Å². The SMILES string of the molecule is CCOc1ccc(S(=O)(=O)Nc2ccc(C(=O)NCCC(C)C)cc2)cc1. The zero-order valence-corrected chi connectivity index (χ0v) is 16.7. The lowest BCUT2D eigenvalue weighted by molar-refractivity contribution is 0.0952. The van der Waals surface area contributed by atoms with Crippen LogP contribution >= 0.6 is 0 Å². The number of hydrogen-bond donors (Lipinski definition) is 2. The van der Waals surface area contributed by atoms with Crippen molar-refractivity contribution in [1.82, 2.24) is 5.32 Å². The third-order valence-electron chi connectivity index (χ3n) is 3.85. The summed E-state index contributed by atoms with van der Waals surface area (Å²) in [7, 11) is -3.71.